The number of nitrogens with one attached hydrogen (secondary N) is 1. The van der Waals surface area contributed by atoms with Crippen molar-refractivity contribution in [2.24, 2.45) is 0 Å². The predicted molar refractivity (Wildman–Crippen MR) is 93.6 cm³/mol. The quantitative estimate of drug-likeness (QED) is 0.688. The SMILES string of the molecule is Cc1ccccc1NC(=O)/C(C#N)=C\c1ccc(N2CCCC2)o1. The van der Waals surface area contributed by atoms with Gasteiger partial charge in [0.05, 0.1) is 0 Å². The van der Waals surface area contributed by atoms with E-state index in [-0.39, 0.29) is 5.57 Å². The van der Waals surface area contributed by atoms with E-state index in [4.69, 9.17) is 4.42 Å². The summed E-state index contributed by atoms with van der Waals surface area (Å²) < 4.78 is 5.74. The standard InChI is InChI=1S/C19H19N3O2/c1-14-6-2-3-7-17(14)21-19(23)15(13-20)12-16-8-9-18(24-16)22-10-4-5-11-22/h2-3,6-9,12H,4-5,10-11H2,1H3,(H,21,23)/b15-12-. The molecule has 2 heterocycles. The molecule has 122 valence electrons. The number of para-hydroxylation sites is 1. The molecule has 1 saturated heterocycles. The molecule has 3 rings (SSSR count). The maximum Gasteiger partial charge on any atom is 0.266 e. The van der Waals surface area contributed by atoms with Gasteiger partial charge in [-0.3, -0.25) is 4.79 Å². The van der Waals surface area contributed by atoms with Gasteiger partial charge in [0, 0.05) is 30.9 Å². The summed E-state index contributed by atoms with van der Waals surface area (Å²) in [6.07, 6.45) is 3.80. The molecule has 1 aromatic carbocycles. The second-order valence-corrected chi connectivity index (χ2v) is 5.81. The molecule has 2 aromatic rings. The monoisotopic (exact) mass is 321 g/mol. The van der Waals surface area contributed by atoms with Crippen LogP contribution in [0.3, 0.4) is 0 Å². The van der Waals surface area contributed by atoms with E-state index in [0.29, 0.717) is 11.4 Å². The minimum atomic E-state index is -0.439. The number of nitrogens with zero attached hydrogens (tertiary/aromatic N) is 2. The molecule has 1 aromatic heterocycles. The van der Waals surface area contributed by atoms with Crippen molar-refractivity contribution in [2.45, 2.75) is 19.8 Å². The highest BCUT2D eigenvalue weighted by molar-refractivity contribution is 6.09. The number of hydrogen-bond donors (Lipinski definition) is 1. The lowest BCUT2D eigenvalue weighted by Gasteiger charge is -2.12. The number of rotatable bonds is 4. The number of furan rings is 1. The van der Waals surface area contributed by atoms with Gasteiger partial charge in [-0.15, -0.1) is 0 Å². The summed E-state index contributed by atoms with van der Waals surface area (Å²) in [5, 5.41) is 12.1. The van der Waals surface area contributed by atoms with Gasteiger partial charge in [0.25, 0.3) is 5.91 Å². The van der Waals surface area contributed by atoms with Gasteiger partial charge >= 0.3 is 0 Å². The number of anilines is 2. The molecule has 1 aliphatic rings. The van der Waals surface area contributed by atoms with E-state index in [0.717, 1.165) is 37.4 Å². The van der Waals surface area contributed by atoms with Crippen LogP contribution in [0.2, 0.25) is 0 Å². The number of carbonyl (C=O) groups excluding carboxylic acids is 1. The fourth-order valence-corrected chi connectivity index (χ4v) is 2.72. The Hall–Kier alpha value is -3.00. The molecule has 1 N–H and O–H groups in total. The normalized spacial score (nSPS) is 14.5. The molecule has 24 heavy (non-hydrogen) atoms. The molecule has 0 unspecified atom stereocenters. The summed E-state index contributed by atoms with van der Waals surface area (Å²) >= 11 is 0. The van der Waals surface area contributed by atoms with Gasteiger partial charge in [0.2, 0.25) is 0 Å². The van der Waals surface area contributed by atoms with Crippen LogP contribution in [0.5, 0.6) is 0 Å². The zero-order valence-electron chi connectivity index (χ0n) is 13.6. The second-order valence-electron chi connectivity index (χ2n) is 5.81. The van der Waals surface area contributed by atoms with Crippen molar-refractivity contribution in [3.8, 4) is 6.07 Å². The van der Waals surface area contributed by atoms with Crippen molar-refractivity contribution in [2.75, 3.05) is 23.3 Å². The molecule has 0 aliphatic carbocycles. The third kappa shape index (κ3) is 3.49. The fraction of sp³-hybridized carbons (Fsp3) is 0.263. The molecule has 1 amide bonds. The molecule has 0 radical (unpaired) electrons. The average molecular weight is 321 g/mol. The van der Waals surface area contributed by atoms with Crippen LogP contribution >= 0.6 is 0 Å². The third-order valence-corrected chi connectivity index (χ3v) is 4.08. The van der Waals surface area contributed by atoms with E-state index in [2.05, 4.69) is 10.2 Å². The molecule has 1 fully saturated rings. The summed E-state index contributed by atoms with van der Waals surface area (Å²) in [5.74, 6) is 0.856. The molecular formula is C19H19N3O2. The largest absolute Gasteiger partial charge is 0.441 e. The second kappa shape index (κ2) is 7.05. The maximum absolute atomic E-state index is 12.3. The Morgan fingerprint density at radius 3 is 2.71 bits per heavy atom. The van der Waals surface area contributed by atoms with E-state index < -0.39 is 5.91 Å². The van der Waals surface area contributed by atoms with Gasteiger partial charge in [-0.1, -0.05) is 18.2 Å². The summed E-state index contributed by atoms with van der Waals surface area (Å²) in [7, 11) is 0. The Morgan fingerprint density at radius 1 is 1.25 bits per heavy atom. The molecule has 1 aliphatic heterocycles. The van der Waals surface area contributed by atoms with E-state index in [1.807, 2.05) is 37.3 Å². The van der Waals surface area contributed by atoms with Crippen molar-refractivity contribution in [1.29, 1.82) is 5.26 Å². The maximum atomic E-state index is 12.3. The molecule has 0 atom stereocenters. The molecule has 0 spiro atoms. The number of nitriles is 1. The van der Waals surface area contributed by atoms with Gasteiger partial charge in [-0.2, -0.15) is 5.26 Å². The van der Waals surface area contributed by atoms with Crippen LogP contribution < -0.4 is 10.2 Å². The minimum absolute atomic E-state index is 0.0144. The summed E-state index contributed by atoms with van der Waals surface area (Å²) in [4.78, 5) is 14.5. The van der Waals surface area contributed by atoms with Crippen molar-refractivity contribution in [3.05, 3.63) is 53.3 Å². The Bertz CT molecular complexity index is 808. The van der Waals surface area contributed by atoms with Crippen LogP contribution in [0, 0.1) is 18.3 Å². The number of amides is 1. The molecule has 5 nitrogen and oxygen atoms in total. The van der Waals surface area contributed by atoms with E-state index >= 15 is 0 Å². The van der Waals surface area contributed by atoms with Gasteiger partial charge < -0.3 is 14.6 Å². The predicted octanol–water partition coefficient (Wildman–Crippen LogP) is 3.73. The molecule has 0 saturated carbocycles. The summed E-state index contributed by atoms with van der Waals surface area (Å²) in [6.45, 7) is 3.87. The Morgan fingerprint density at radius 2 is 2.00 bits per heavy atom. The first-order chi connectivity index (χ1) is 11.7. The number of hydrogen-bond acceptors (Lipinski definition) is 4. The smallest absolute Gasteiger partial charge is 0.266 e. The van der Waals surface area contributed by atoms with Crippen LogP contribution in [-0.4, -0.2) is 19.0 Å². The number of benzene rings is 1. The van der Waals surface area contributed by atoms with Crippen molar-refractivity contribution >= 4 is 23.6 Å². The minimum Gasteiger partial charge on any atom is -0.441 e. The van der Waals surface area contributed by atoms with Crippen molar-refractivity contribution < 1.29 is 9.21 Å². The van der Waals surface area contributed by atoms with Crippen LogP contribution in [0.1, 0.15) is 24.2 Å². The number of aryl methyl sites for hydroxylation is 1. The first kappa shape index (κ1) is 15.9. The zero-order chi connectivity index (χ0) is 16.9. The van der Waals surface area contributed by atoms with E-state index in [1.165, 1.54) is 6.08 Å². The lowest BCUT2D eigenvalue weighted by atomic mass is 10.2. The summed E-state index contributed by atoms with van der Waals surface area (Å²) in [5.41, 5.74) is 1.65. The highest BCUT2D eigenvalue weighted by Gasteiger charge is 2.16. The molecular weight excluding hydrogens is 302 g/mol. The van der Waals surface area contributed by atoms with Crippen LogP contribution in [0.15, 0.2) is 46.4 Å². The Kier molecular flexibility index (Phi) is 4.66. The van der Waals surface area contributed by atoms with Crippen molar-refractivity contribution in [1.82, 2.24) is 0 Å². The van der Waals surface area contributed by atoms with Gasteiger partial charge in [-0.25, -0.2) is 0 Å². The number of carbonyl (C=O) groups is 1. The van der Waals surface area contributed by atoms with E-state index in [1.54, 1.807) is 12.1 Å². The highest BCUT2D eigenvalue weighted by atomic mass is 16.4. The Labute approximate surface area is 141 Å². The van der Waals surface area contributed by atoms with Gasteiger partial charge in [-0.05, 0) is 37.5 Å². The van der Waals surface area contributed by atoms with Crippen LogP contribution in [0.4, 0.5) is 11.6 Å². The first-order valence-corrected chi connectivity index (χ1v) is 8.01. The first-order valence-electron chi connectivity index (χ1n) is 8.01. The lowest BCUT2D eigenvalue weighted by Crippen LogP contribution is -2.16. The zero-order valence-corrected chi connectivity index (χ0v) is 13.6. The average Bonchev–Trinajstić information content (AvgIpc) is 3.25. The third-order valence-electron chi connectivity index (χ3n) is 4.08. The highest BCUT2D eigenvalue weighted by Crippen LogP contribution is 2.24. The molecule has 0 bridgehead atoms. The van der Waals surface area contributed by atoms with Crippen LogP contribution in [0.25, 0.3) is 6.08 Å². The van der Waals surface area contributed by atoms with Crippen molar-refractivity contribution in [3.63, 3.8) is 0 Å². The van der Waals surface area contributed by atoms with Crippen LogP contribution in [-0.2, 0) is 4.79 Å². The topological polar surface area (TPSA) is 69.3 Å². The fourth-order valence-electron chi connectivity index (χ4n) is 2.72. The Balaban J connectivity index is 1.75. The summed E-state index contributed by atoms with van der Waals surface area (Å²) in [6, 6.07) is 13.1. The van der Waals surface area contributed by atoms with E-state index in [9.17, 15) is 10.1 Å². The molecule has 5 heteroatoms. The lowest BCUT2D eigenvalue weighted by molar-refractivity contribution is -0.112. The van der Waals surface area contributed by atoms with Gasteiger partial charge in [0.15, 0.2) is 5.88 Å². The van der Waals surface area contributed by atoms with Gasteiger partial charge in [0.1, 0.15) is 17.4 Å².